The van der Waals surface area contributed by atoms with Gasteiger partial charge in [0.15, 0.2) is 0 Å². The van der Waals surface area contributed by atoms with Gasteiger partial charge in [-0.1, -0.05) is 13.8 Å². The van der Waals surface area contributed by atoms with Crippen LogP contribution < -0.4 is 0 Å². The van der Waals surface area contributed by atoms with E-state index in [0.717, 1.165) is 26.2 Å². The van der Waals surface area contributed by atoms with Gasteiger partial charge in [0.1, 0.15) is 0 Å². The van der Waals surface area contributed by atoms with Gasteiger partial charge in [0.05, 0.1) is 12.5 Å². The Morgan fingerprint density at radius 3 is 2.21 bits per heavy atom. The van der Waals surface area contributed by atoms with Crippen LogP contribution in [0.15, 0.2) is 0 Å². The van der Waals surface area contributed by atoms with Crippen LogP contribution in [-0.2, 0) is 0 Å². The molecule has 0 bridgehead atoms. The molecule has 0 aromatic carbocycles. The molecule has 0 aromatic heterocycles. The average Bonchev–Trinajstić information content (AvgIpc) is 2.19. The molecule has 1 atom stereocenters. The molecule has 0 aliphatic carbocycles. The van der Waals surface area contributed by atoms with Crippen LogP contribution >= 0.6 is 0 Å². The topological polar surface area (TPSA) is 30.3 Å². The summed E-state index contributed by atoms with van der Waals surface area (Å²) in [6.07, 6.45) is 0.620. The molecule has 0 radical (unpaired) electrons. The summed E-state index contributed by atoms with van der Waals surface area (Å²) >= 11 is 0. The van der Waals surface area contributed by atoms with E-state index in [1.54, 1.807) is 0 Å². The Bertz CT molecular complexity index is 170. The Morgan fingerprint density at radius 1 is 1.21 bits per heavy atom. The van der Waals surface area contributed by atoms with Crippen LogP contribution in [0.1, 0.15) is 27.2 Å². The summed E-state index contributed by atoms with van der Waals surface area (Å²) in [6, 6.07) is 2.58. The first-order chi connectivity index (χ1) is 6.65. The van der Waals surface area contributed by atoms with Crippen LogP contribution in [0.2, 0.25) is 0 Å². The lowest BCUT2D eigenvalue weighted by molar-refractivity contribution is 0.207. The number of hydrogen-bond acceptors (Lipinski definition) is 3. The maximum absolute atomic E-state index is 8.57. The van der Waals surface area contributed by atoms with E-state index in [1.807, 2.05) is 0 Å². The zero-order valence-corrected chi connectivity index (χ0v) is 9.95. The van der Waals surface area contributed by atoms with Gasteiger partial charge in [-0.3, -0.25) is 0 Å². The third kappa shape index (κ3) is 5.21. The van der Waals surface area contributed by atoms with Crippen LogP contribution in [0.5, 0.6) is 0 Å². The molecule has 0 amide bonds. The van der Waals surface area contributed by atoms with Gasteiger partial charge in [-0.05, 0) is 27.1 Å². The van der Waals surface area contributed by atoms with Crippen molar-refractivity contribution in [2.75, 3.05) is 33.2 Å². The van der Waals surface area contributed by atoms with E-state index >= 15 is 0 Å². The molecule has 0 saturated carbocycles. The van der Waals surface area contributed by atoms with Crippen LogP contribution in [0.25, 0.3) is 0 Å². The van der Waals surface area contributed by atoms with Crippen LogP contribution in [-0.4, -0.2) is 49.1 Å². The summed E-state index contributed by atoms with van der Waals surface area (Å²) in [5.74, 6) is 0. The largest absolute Gasteiger partial charge is 0.303 e. The van der Waals surface area contributed by atoms with Crippen LogP contribution in [0, 0.1) is 11.3 Å². The summed E-state index contributed by atoms with van der Waals surface area (Å²) in [4.78, 5) is 4.65. The monoisotopic (exact) mass is 197 g/mol. The van der Waals surface area contributed by atoms with Gasteiger partial charge in [-0.15, -0.1) is 0 Å². The number of nitriles is 1. The minimum absolute atomic E-state index is 0.371. The van der Waals surface area contributed by atoms with Gasteiger partial charge in [0.25, 0.3) is 0 Å². The molecule has 3 nitrogen and oxygen atoms in total. The molecule has 0 N–H and O–H groups in total. The SMILES string of the molecule is CCN(CC)CCN(C)C(C)CC#N. The minimum Gasteiger partial charge on any atom is -0.303 e. The van der Waals surface area contributed by atoms with Gasteiger partial charge in [-0.2, -0.15) is 5.26 Å². The molecule has 0 spiro atoms. The zero-order valence-electron chi connectivity index (χ0n) is 9.95. The number of likely N-dealkylation sites (N-methyl/N-ethyl adjacent to an activating group) is 2. The normalized spacial score (nSPS) is 13.2. The molecule has 0 aliphatic rings. The van der Waals surface area contributed by atoms with E-state index in [0.29, 0.717) is 12.5 Å². The Morgan fingerprint density at radius 2 is 1.79 bits per heavy atom. The molecule has 0 fully saturated rings. The van der Waals surface area contributed by atoms with E-state index < -0.39 is 0 Å². The summed E-state index contributed by atoms with van der Waals surface area (Å²) in [5.41, 5.74) is 0. The summed E-state index contributed by atoms with van der Waals surface area (Å²) in [5, 5.41) is 8.57. The second kappa shape index (κ2) is 7.78. The number of rotatable bonds is 7. The second-order valence-corrected chi connectivity index (χ2v) is 3.72. The van der Waals surface area contributed by atoms with Crippen molar-refractivity contribution in [3.05, 3.63) is 0 Å². The maximum Gasteiger partial charge on any atom is 0.0638 e. The van der Waals surface area contributed by atoms with E-state index in [2.05, 4.69) is 43.7 Å². The first kappa shape index (κ1) is 13.4. The molecule has 0 aliphatic heterocycles. The standard InChI is InChI=1S/C11H23N3/c1-5-14(6-2)10-9-13(4)11(3)7-8-12/h11H,5-7,9-10H2,1-4H3. The van der Waals surface area contributed by atoms with Crippen molar-refractivity contribution < 1.29 is 0 Å². The molecule has 0 aromatic rings. The number of hydrogen-bond donors (Lipinski definition) is 0. The maximum atomic E-state index is 8.57. The van der Waals surface area contributed by atoms with E-state index in [-0.39, 0.29) is 0 Å². The molecular formula is C11H23N3. The lowest BCUT2D eigenvalue weighted by atomic mass is 10.2. The van der Waals surface area contributed by atoms with Crippen molar-refractivity contribution in [1.82, 2.24) is 9.80 Å². The van der Waals surface area contributed by atoms with Crippen molar-refractivity contribution in [2.45, 2.75) is 33.2 Å². The van der Waals surface area contributed by atoms with Gasteiger partial charge >= 0.3 is 0 Å². The highest BCUT2D eigenvalue weighted by atomic mass is 15.2. The van der Waals surface area contributed by atoms with Crippen molar-refractivity contribution in [2.24, 2.45) is 0 Å². The molecule has 3 heteroatoms. The third-order valence-electron chi connectivity index (χ3n) is 2.80. The Hall–Kier alpha value is -0.590. The van der Waals surface area contributed by atoms with Gasteiger partial charge in [0.2, 0.25) is 0 Å². The molecule has 0 heterocycles. The first-order valence-electron chi connectivity index (χ1n) is 5.45. The predicted octanol–water partition coefficient (Wildman–Crippen LogP) is 1.56. The van der Waals surface area contributed by atoms with Crippen molar-refractivity contribution in [3.8, 4) is 6.07 Å². The molecular weight excluding hydrogens is 174 g/mol. The van der Waals surface area contributed by atoms with Crippen LogP contribution in [0.4, 0.5) is 0 Å². The van der Waals surface area contributed by atoms with E-state index in [1.165, 1.54) is 0 Å². The Kier molecular flexibility index (Phi) is 7.45. The predicted molar refractivity (Wildman–Crippen MR) is 60.1 cm³/mol. The minimum atomic E-state index is 0.371. The third-order valence-corrected chi connectivity index (χ3v) is 2.80. The molecule has 0 rings (SSSR count). The summed E-state index contributed by atoms with van der Waals surface area (Å²) in [7, 11) is 2.09. The lowest BCUT2D eigenvalue weighted by Gasteiger charge is -2.26. The quantitative estimate of drug-likeness (QED) is 0.620. The fraction of sp³-hybridized carbons (Fsp3) is 0.909. The van der Waals surface area contributed by atoms with Crippen molar-refractivity contribution >= 4 is 0 Å². The molecule has 14 heavy (non-hydrogen) atoms. The Balaban J connectivity index is 3.72. The van der Waals surface area contributed by atoms with Gasteiger partial charge in [0, 0.05) is 19.1 Å². The molecule has 1 unspecified atom stereocenters. The van der Waals surface area contributed by atoms with Gasteiger partial charge in [-0.25, -0.2) is 0 Å². The summed E-state index contributed by atoms with van der Waals surface area (Å²) in [6.45, 7) is 10.8. The van der Waals surface area contributed by atoms with Gasteiger partial charge < -0.3 is 9.80 Å². The zero-order chi connectivity index (χ0) is 11.0. The summed E-state index contributed by atoms with van der Waals surface area (Å²) < 4.78 is 0. The molecule has 0 saturated heterocycles. The van der Waals surface area contributed by atoms with Crippen LogP contribution in [0.3, 0.4) is 0 Å². The average molecular weight is 197 g/mol. The highest BCUT2D eigenvalue weighted by Crippen LogP contribution is 2.00. The second-order valence-electron chi connectivity index (χ2n) is 3.72. The fourth-order valence-electron chi connectivity index (χ4n) is 1.35. The number of nitrogens with zero attached hydrogens (tertiary/aromatic N) is 3. The highest BCUT2D eigenvalue weighted by Gasteiger charge is 2.09. The van der Waals surface area contributed by atoms with E-state index in [4.69, 9.17) is 5.26 Å². The molecule has 82 valence electrons. The van der Waals surface area contributed by atoms with E-state index in [9.17, 15) is 0 Å². The van der Waals surface area contributed by atoms with Crippen molar-refractivity contribution in [1.29, 1.82) is 5.26 Å². The Labute approximate surface area is 88.3 Å². The highest BCUT2D eigenvalue weighted by molar-refractivity contribution is 4.78. The first-order valence-corrected chi connectivity index (χ1v) is 5.45. The van der Waals surface area contributed by atoms with Crippen molar-refractivity contribution in [3.63, 3.8) is 0 Å². The lowest BCUT2D eigenvalue weighted by Crippen LogP contribution is -2.37. The smallest absolute Gasteiger partial charge is 0.0638 e. The fourth-order valence-corrected chi connectivity index (χ4v) is 1.35.